The van der Waals surface area contributed by atoms with Crippen molar-refractivity contribution in [2.75, 3.05) is 0 Å². The van der Waals surface area contributed by atoms with E-state index in [0.717, 1.165) is 5.56 Å². The third kappa shape index (κ3) is 2.53. The second kappa shape index (κ2) is 3.79. The molecule has 2 heteroatoms. The van der Waals surface area contributed by atoms with Gasteiger partial charge in [-0.1, -0.05) is 48.8 Å². The van der Waals surface area contributed by atoms with E-state index < -0.39 is 0 Å². The number of halogens is 2. The SMILES string of the molecule is CC(C)(C)c1ccc(F)c(CBr)c1. The van der Waals surface area contributed by atoms with Gasteiger partial charge < -0.3 is 0 Å². The highest BCUT2D eigenvalue weighted by Crippen LogP contribution is 2.24. The molecule has 0 saturated heterocycles. The Kier molecular flexibility index (Phi) is 3.12. The molecule has 0 spiro atoms. The van der Waals surface area contributed by atoms with Crippen LogP contribution in [0.25, 0.3) is 0 Å². The Morgan fingerprint density at radius 2 is 1.92 bits per heavy atom. The lowest BCUT2D eigenvalue weighted by Crippen LogP contribution is -2.11. The van der Waals surface area contributed by atoms with Gasteiger partial charge in [-0.25, -0.2) is 4.39 Å². The van der Waals surface area contributed by atoms with Gasteiger partial charge in [0.05, 0.1) is 0 Å². The average molecular weight is 245 g/mol. The molecule has 0 fully saturated rings. The summed E-state index contributed by atoms with van der Waals surface area (Å²) in [6.45, 7) is 6.37. The molecule has 1 rings (SSSR count). The molecule has 0 aliphatic carbocycles. The first kappa shape index (κ1) is 10.7. The zero-order valence-corrected chi connectivity index (χ0v) is 9.78. The van der Waals surface area contributed by atoms with Crippen molar-refractivity contribution in [3.8, 4) is 0 Å². The van der Waals surface area contributed by atoms with E-state index in [0.29, 0.717) is 5.33 Å². The Morgan fingerprint density at radius 3 is 2.38 bits per heavy atom. The molecule has 0 radical (unpaired) electrons. The number of rotatable bonds is 1. The van der Waals surface area contributed by atoms with E-state index in [1.807, 2.05) is 12.1 Å². The molecule has 0 nitrogen and oxygen atoms in total. The van der Waals surface area contributed by atoms with Crippen molar-refractivity contribution in [1.29, 1.82) is 0 Å². The van der Waals surface area contributed by atoms with E-state index in [-0.39, 0.29) is 11.2 Å². The molecule has 0 bridgehead atoms. The second-order valence-electron chi connectivity index (χ2n) is 4.19. The van der Waals surface area contributed by atoms with Gasteiger partial charge in [-0.05, 0) is 22.6 Å². The molecule has 0 heterocycles. The fourth-order valence-electron chi connectivity index (χ4n) is 1.14. The minimum Gasteiger partial charge on any atom is -0.207 e. The van der Waals surface area contributed by atoms with E-state index in [1.165, 1.54) is 11.6 Å². The first-order chi connectivity index (χ1) is 5.95. The van der Waals surface area contributed by atoms with E-state index in [1.54, 1.807) is 0 Å². The van der Waals surface area contributed by atoms with Gasteiger partial charge in [-0.15, -0.1) is 0 Å². The van der Waals surface area contributed by atoms with Gasteiger partial charge >= 0.3 is 0 Å². The number of alkyl halides is 1. The van der Waals surface area contributed by atoms with Gasteiger partial charge in [0.25, 0.3) is 0 Å². The summed E-state index contributed by atoms with van der Waals surface area (Å²) >= 11 is 3.27. The zero-order valence-electron chi connectivity index (χ0n) is 8.20. The second-order valence-corrected chi connectivity index (χ2v) is 4.75. The maximum absolute atomic E-state index is 13.1. The van der Waals surface area contributed by atoms with Gasteiger partial charge in [-0.2, -0.15) is 0 Å². The molecule has 0 amide bonds. The first-order valence-corrected chi connectivity index (χ1v) is 5.42. The molecule has 1 aromatic rings. The van der Waals surface area contributed by atoms with Crippen LogP contribution in [0.3, 0.4) is 0 Å². The summed E-state index contributed by atoms with van der Waals surface area (Å²) in [5.41, 5.74) is 1.99. The lowest BCUT2D eigenvalue weighted by molar-refractivity contribution is 0.579. The molecule has 0 aromatic heterocycles. The molecule has 0 aliphatic rings. The van der Waals surface area contributed by atoms with E-state index in [9.17, 15) is 4.39 Å². The summed E-state index contributed by atoms with van der Waals surface area (Å²) < 4.78 is 13.1. The van der Waals surface area contributed by atoms with Crippen LogP contribution in [0, 0.1) is 5.82 Å². The fraction of sp³-hybridized carbons (Fsp3) is 0.455. The van der Waals surface area contributed by atoms with Crippen molar-refractivity contribution in [2.45, 2.75) is 31.5 Å². The summed E-state index contributed by atoms with van der Waals surface area (Å²) in [4.78, 5) is 0. The quantitative estimate of drug-likeness (QED) is 0.655. The van der Waals surface area contributed by atoms with Crippen LogP contribution in [0.2, 0.25) is 0 Å². The molecular formula is C11H14BrF. The molecule has 0 saturated carbocycles. The van der Waals surface area contributed by atoms with Crippen LogP contribution >= 0.6 is 15.9 Å². The molecule has 0 atom stereocenters. The molecule has 72 valence electrons. The van der Waals surface area contributed by atoms with Crippen LogP contribution in [0.1, 0.15) is 31.9 Å². The summed E-state index contributed by atoms with van der Waals surface area (Å²) in [6.07, 6.45) is 0. The van der Waals surface area contributed by atoms with E-state index >= 15 is 0 Å². The topological polar surface area (TPSA) is 0 Å². The van der Waals surface area contributed by atoms with Crippen LogP contribution < -0.4 is 0 Å². The van der Waals surface area contributed by atoms with Gasteiger partial charge in [-0.3, -0.25) is 0 Å². The molecular weight excluding hydrogens is 231 g/mol. The van der Waals surface area contributed by atoms with Gasteiger partial charge in [0.2, 0.25) is 0 Å². The Labute approximate surface area is 87.3 Å². The standard InChI is InChI=1S/C11H14BrF/c1-11(2,3)9-4-5-10(13)8(6-9)7-12/h4-6H,7H2,1-3H3. The van der Waals surface area contributed by atoms with Crippen LogP contribution in [0.15, 0.2) is 18.2 Å². The monoisotopic (exact) mass is 244 g/mol. The highest BCUT2D eigenvalue weighted by molar-refractivity contribution is 9.08. The van der Waals surface area contributed by atoms with Gasteiger partial charge in [0, 0.05) is 5.33 Å². The Balaban J connectivity index is 3.14. The van der Waals surface area contributed by atoms with Crippen molar-refractivity contribution in [3.05, 3.63) is 35.1 Å². The first-order valence-electron chi connectivity index (χ1n) is 4.30. The van der Waals surface area contributed by atoms with E-state index in [4.69, 9.17) is 0 Å². The number of hydrogen-bond donors (Lipinski definition) is 0. The molecule has 1 aromatic carbocycles. The Morgan fingerprint density at radius 1 is 1.31 bits per heavy atom. The van der Waals surface area contributed by atoms with Gasteiger partial charge in [0.1, 0.15) is 5.82 Å². The Hall–Kier alpha value is -0.370. The molecule has 0 aliphatic heterocycles. The van der Waals surface area contributed by atoms with Gasteiger partial charge in [0.15, 0.2) is 0 Å². The van der Waals surface area contributed by atoms with Crippen LogP contribution in [0.4, 0.5) is 4.39 Å². The maximum Gasteiger partial charge on any atom is 0.127 e. The predicted octanol–water partition coefficient (Wildman–Crippen LogP) is 4.02. The summed E-state index contributed by atoms with van der Waals surface area (Å²) in [6, 6.07) is 5.31. The zero-order chi connectivity index (χ0) is 10.1. The smallest absolute Gasteiger partial charge is 0.127 e. The summed E-state index contributed by atoms with van der Waals surface area (Å²) in [5, 5.41) is 0.572. The van der Waals surface area contributed by atoms with Crippen molar-refractivity contribution in [2.24, 2.45) is 0 Å². The average Bonchev–Trinajstić information content (AvgIpc) is 2.03. The van der Waals surface area contributed by atoms with Crippen LogP contribution in [-0.4, -0.2) is 0 Å². The molecule has 0 unspecified atom stereocenters. The maximum atomic E-state index is 13.1. The summed E-state index contributed by atoms with van der Waals surface area (Å²) in [7, 11) is 0. The lowest BCUT2D eigenvalue weighted by Gasteiger charge is -2.19. The summed E-state index contributed by atoms with van der Waals surface area (Å²) in [5.74, 6) is -0.134. The fourth-order valence-corrected chi connectivity index (χ4v) is 1.57. The molecule has 13 heavy (non-hydrogen) atoms. The van der Waals surface area contributed by atoms with Crippen LogP contribution in [-0.2, 0) is 10.7 Å². The van der Waals surface area contributed by atoms with Crippen molar-refractivity contribution in [3.63, 3.8) is 0 Å². The predicted molar refractivity (Wildman–Crippen MR) is 57.7 cm³/mol. The third-order valence-electron chi connectivity index (χ3n) is 2.06. The number of benzene rings is 1. The Bertz CT molecular complexity index is 299. The highest BCUT2D eigenvalue weighted by Gasteiger charge is 2.14. The normalized spacial score (nSPS) is 11.8. The van der Waals surface area contributed by atoms with Crippen molar-refractivity contribution >= 4 is 15.9 Å². The minimum atomic E-state index is -0.134. The van der Waals surface area contributed by atoms with Crippen LogP contribution in [0.5, 0.6) is 0 Å². The largest absolute Gasteiger partial charge is 0.207 e. The minimum absolute atomic E-state index is 0.0879. The van der Waals surface area contributed by atoms with Crippen molar-refractivity contribution in [1.82, 2.24) is 0 Å². The number of hydrogen-bond acceptors (Lipinski definition) is 0. The van der Waals surface area contributed by atoms with Crippen molar-refractivity contribution < 1.29 is 4.39 Å². The third-order valence-corrected chi connectivity index (χ3v) is 2.66. The highest BCUT2D eigenvalue weighted by atomic mass is 79.9. The molecule has 0 N–H and O–H groups in total. The lowest BCUT2D eigenvalue weighted by atomic mass is 9.86. The van der Waals surface area contributed by atoms with E-state index in [2.05, 4.69) is 36.7 Å².